The first-order chi connectivity index (χ1) is 20.1. The van der Waals surface area contributed by atoms with Crippen LogP contribution in [-0.2, 0) is 6.42 Å². The molecule has 7 rings (SSSR count). The summed E-state index contributed by atoms with van der Waals surface area (Å²) in [6.45, 7) is 0. The van der Waals surface area contributed by atoms with Crippen LogP contribution in [0.5, 0.6) is 23.0 Å². The summed E-state index contributed by atoms with van der Waals surface area (Å²) < 4.78 is 12.1. The normalized spacial score (nSPS) is 11.5. The van der Waals surface area contributed by atoms with Gasteiger partial charge < -0.3 is 20.9 Å². The summed E-state index contributed by atoms with van der Waals surface area (Å²) in [5.41, 5.74) is 23.1. The Morgan fingerprint density at radius 1 is 0.415 bits per heavy atom. The van der Waals surface area contributed by atoms with Crippen LogP contribution in [0.1, 0.15) is 11.1 Å². The predicted octanol–water partition coefficient (Wildman–Crippen LogP) is 9.34. The molecule has 0 fully saturated rings. The maximum absolute atomic E-state index is 6.07. The van der Waals surface area contributed by atoms with Crippen molar-refractivity contribution in [3.8, 4) is 56.4 Å². The highest BCUT2D eigenvalue weighted by atomic mass is 16.5. The van der Waals surface area contributed by atoms with Gasteiger partial charge in [0, 0.05) is 11.4 Å². The molecule has 0 amide bonds. The third kappa shape index (κ3) is 4.88. The summed E-state index contributed by atoms with van der Waals surface area (Å²) in [5.74, 6) is 3.06. The van der Waals surface area contributed by atoms with Crippen molar-refractivity contribution in [3.05, 3.63) is 145 Å². The fourth-order valence-corrected chi connectivity index (χ4v) is 5.52. The zero-order chi connectivity index (χ0) is 27.8. The molecular formula is C37H28N2O2. The van der Waals surface area contributed by atoms with Crippen molar-refractivity contribution in [1.82, 2.24) is 0 Å². The molecule has 0 aromatic heterocycles. The Morgan fingerprint density at radius 3 is 1.44 bits per heavy atom. The average Bonchev–Trinajstić information content (AvgIpc) is 3.39. The molecule has 1 aliphatic rings. The SMILES string of the molecule is Nc1ccc(Oc2ccc(-c3ccc4c(c3-c3ccc(Oc5ccc(N)cc5)cc3)Cc3ccccc3-4)cc2)cc1. The van der Waals surface area contributed by atoms with Crippen LogP contribution in [0.3, 0.4) is 0 Å². The Hall–Kier alpha value is -5.48. The van der Waals surface area contributed by atoms with Crippen LogP contribution >= 0.6 is 0 Å². The molecule has 0 spiro atoms. The van der Waals surface area contributed by atoms with E-state index in [4.69, 9.17) is 20.9 Å². The van der Waals surface area contributed by atoms with E-state index in [1.54, 1.807) is 0 Å². The molecule has 6 aromatic rings. The molecule has 0 saturated carbocycles. The van der Waals surface area contributed by atoms with E-state index in [9.17, 15) is 0 Å². The number of hydrogen-bond acceptors (Lipinski definition) is 4. The van der Waals surface area contributed by atoms with Crippen LogP contribution in [-0.4, -0.2) is 0 Å². The van der Waals surface area contributed by atoms with E-state index in [0.717, 1.165) is 40.5 Å². The fourth-order valence-electron chi connectivity index (χ4n) is 5.52. The number of hydrogen-bond donors (Lipinski definition) is 2. The number of nitrogens with two attached hydrogens (primary N) is 2. The third-order valence-electron chi connectivity index (χ3n) is 7.53. The van der Waals surface area contributed by atoms with Gasteiger partial charge >= 0.3 is 0 Å². The van der Waals surface area contributed by atoms with Crippen molar-refractivity contribution in [2.75, 3.05) is 11.5 Å². The second kappa shape index (κ2) is 10.2. The quantitative estimate of drug-likeness (QED) is 0.209. The molecule has 6 aromatic carbocycles. The molecule has 0 radical (unpaired) electrons. The Labute approximate surface area is 239 Å². The standard InChI is InChI=1S/C37H28N2O2/c38-27-9-17-31(18-10-27)40-29-13-5-24(6-14-29)34-21-22-35-33-4-2-1-3-26(33)23-36(35)37(34)25-7-15-30(16-8-25)41-32-19-11-28(39)12-20-32/h1-22H,23,38-39H2. The second-order valence-corrected chi connectivity index (χ2v) is 10.2. The van der Waals surface area contributed by atoms with Gasteiger partial charge in [-0.1, -0.05) is 60.7 Å². The summed E-state index contributed by atoms with van der Waals surface area (Å²) in [4.78, 5) is 0. The summed E-state index contributed by atoms with van der Waals surface area (Å²) in [6.07, 6.45) is 0.900. The summed E-state index contributed by atoms with van der Waals surface area (Å²) in [7, 11) is 0. The van der Waals surface area contributed by atoms with E-state index < -0.39 is 0 Å². The number of nitrogen functional groups attached to an aromatic ring is 2. The lowest BCUT2D eigenvalue weighted by Crippen LogP contribution is -1.94. The van der Waals surface area contributed by atoms with Gasteiger partial charge in [0.05, 0.1) is 0 Å². The topological polar surface area (TPSA) is 70.5 Å². The van der Waals surface area contributed by atoms with Gasteiger partial charge in [-0.25, -0.2) is 0 Å². The van der Waals surface area contributed by atoms with Gasteiger partial charge in [0.2, 0.25) is 0 Å². The summed E-state index contributed by atoms with van der Waals surface area (Å²) in [6, 6.07) is 44.7. The third-order valence-corrected chi connectivity index (χ3v) is 7.53. The molecule has 41 heavy (non-hydrogen) atoms. The Balaban J connectivity index is 1.26. The van der Waals surface area contributed by atoms with Crippen LogP contribution in [0, 0.1) is 0 Å². The number of rotatable bonds is 6. The molecule has 0 saturated heterocycles. The lowest BCUT2D eigenvalue weighted by molar-refractivity contribution is 0.482. The molecule has 198 valence electrons. The lowest BCUT2D eigenvalue weighted by atomic mass is 9.88. The van der Waals surface area contributed by atoms with E-state index in [1.807, 2.05) is 72.8 Å². The average molecular weight is 533 g/mol. The van der Waals surface area contributed by atoms with Crippen LogP contribution in [0.4, 0.5) is 11.4 Å². The van der Waals surface area contributed by atoms with Crippen molar-refractivity contribution >= 4 is 11.4 Å². The van der Waals surface area contributed by atoms with E-state index in [1.165, 1.54) is 33.4 Å². The van der Waals surface area contributed by atoms with E-state index in [0.29, 0.717) is 11.4 Å². The first kappa shape index (κ1) is 24.6. The molecule has 4 nitrogen and oxygen atoms in total. The Morgan fingerprint density at radius 2 is 0.878 bits per heavy atom. The van der Waals surface area contributed by atoms with Crippen molar-refractivity contribution in [2.45, 2.75) is 6.42 Å². The van der Waals surface area contributed by atoms with Crippen LogP contribution in [0.15, 0.2) is 133 Å². The van der Waals surface area contributed by atoms with E-state index in [2.05, 4.69) is 60.7 Å². The molecular weight excluding hydrogens is 504 g/mol. The van der Waals surface area contributed by atoms with E-state index in [-0.39, 0.29) is 0 Å². The maximum Gasteiger partial charge on any atom is 0.127 e. The molecule has 1 aliphatic carbocycles. The first-order valence-corrected chi connectivity index (χ1v) is 13.6. The summed E-state index contributed by atoms with van der Waals surface area (Å²) in [5, 5.41) is 0. The minimum atomic E-state index is 0.712. The van der Waals surface area contributed by atoms with Crippen molar-refractivity contribution in [3.63, 3.8) is 0 Å². The highest BCUT2D eigenvalue weighted by Crippen LogP contribution is 2.46. The molecule has 0 atom stereocenters. The van der Waals surface area contributed by atoms with Crippen LogP contribution in [0.2, 0.25) is 0 Å². The van der Waals surface area contributed by atoms with Crippen LogP contribution in [0.25, 0.3) is 33.4 Å². The Kier molecular flexibility index (Phi) is 6.14. The number of anilines is 2. The summed E-state index contributed by atoms with van der Waals surface area (Å²) >= 11 is 0. The predicted molar refractivity (Wildman–Crippen MR) is 167 cm³/mol. The largest absolute Gasteiger partial charge is 0.457 e. The van der Waals surface area contributed by atoms with Crippen molar-refractivity contribution < 1.29 is 9.47 Å². The molecule has 4 N–H and O–H groups in total. The highest BCUT2D eigenvalue weighted by Gasteiger charge is 2.24. The maximum atomic E-state index is 6.07. The van der Waals surface area contributed by atoms with Gasteiger partial charge in [0.15, 0.2) is 0 Å². The molecule has 0 bridgehead atoms. The number of ether oxygens (including phenoxy) is 2. The van der Waals surface area contributed by atoms with Crippen molar-refractivity contribution in [1.29, 1.82) is 0 Å². The van der Waals surface area contributed by atoms with Gasteiger partial charge in [-0.3, -0.25) is 0 Å². The zero-order valence-corrected chi connectivity index (χ0v) is 22.4. The monoisotopic (exact) mass is 532 g/mol. The number of benzene rings is 6. The zero-order valence-electron chi connectivity index (χ0n) is 22.4. The highest BCUT2D eigenvalue weighted by molar-refractivity contribution is 5.93. The molecule has 4 heteroatoms. The smallest absolute Gasteiger partial charge is 0.127 e. The first-order valence-electron chi connectivity index (χ1n) is 13.6. The minimum Gasteiger partial charge on any atom is -0.457 e. The lowest BCUT2D eigenvalue weighted by Gasteiger charge is -2.17. The Bertz CT molecular complexity index is 1840. The van der Waals surface area contributed by atoms with Gasteiger partial charge in [-0.15, -0.1) is 0 Å². The van der Waals surface area contributed by atoms with Crippen LogP contribution < -0.4 is 20.9 Å². The van der Waals surface area contributed by atoms with Crippen molar-refractivity contribution in [2.24, 2.45) is 0 Å². The van der Waals surface area contributed by atoms with Gasteiger partial charge in [0.25, 0.3) is 0 Å². The molecule has 0 aliphatic heterocycles. The number of fused-ring (bicyclic) bond motifs is 3. The van der Waals surface area contributed by atoms with Gasteiger partial charge in [-0.05, 0) is 124 Å². The van der Waals surface area contributed by atoms with Gasteiger partial charge in [-0.2, -0.15) is 0 Å². The fraction of sp³-hybridized carbons (Fsp3) is 0.0270. The second-order valence-electron chi connectivity index (χ2n) is 10.2. The van der Waals surface area contributed by atoms with E-state index >= 15 is 0 Å². The van der Waals surface area contributed by atoms with Gasteiger partial charge in [0.1, 0.15) is 23.0 Å². The molecule has 0 unspecified atom stereocenters. The minimum absolute atomic E-state index is 0.712. The molecule has 0 heterocycles.